The van der Waals surface area contributed by atoms with Gasteiger partial charge in [-0.05, 0) is 61.0 Å². The van der Waals surface area contributed by atoms with E-state index in [1.165, 1.54) is 4.90 Å². The lowest BCUT2D eigenvalue weighted by molar-refractivity contribution is -0.122. The van der Waals surface area contributed by atoms with E-state index in [-0.39, 0.29) is 31.6 Å². The smallest absolute Gasteiger partial charge is 0.257 e. The first-order valence-electron chi connectivity index (χ1n) is 11.4. The number of hydrogen-bond donors (Lipinski definition) is 0. The van der Waals surface area contributed by atoms with Crippen LogP contribution in [-0.4, -0.2) is 42.1 Å². The minimum atomic E-state index is -0.938. The van der Waals surface area contributed by atoms with Gasteiger partial charge < -0.3 is 19.1 Å². The van der Waals surface area contributed by atoms with E-state index < -0.39 is 11.9 Å². The van der Waals surface area contributed by atoms with Crippen molar-refractivity contribution < 1.29 is 28.6 Å². The molecule has 2 heterocycles. The highest BCUT2D eigenvalue weighted by atomic mass is 16.7. The first kappa shape index (κ1) is 22.5. The van der Waals surface area contributed by atoms with Gasteiger partial charge in [0.2, 0.25) is 12.7 Å². The molecule has 1 saturated heterocycles. The maximum absolute atomic E-state index is 13.6. The van der Waals surface area contributed by atoms with Crippen molar-refractivity contribution in [3.8, 4) is 17.2 Å². The molecular formula is C27H24N2O6. The van der Waals surface area contributed by atoms with E-state index >= 15 is 0 Å². The lowest BCUT2D eigenvalue weighted by Crippen LogP contribution is -2.45. The Balaban J connectivity index is 1.45. The molecule has 0 aliphatic carbocycles. The van der Waals surface area contributed by atoms with Gasteiger partial charge in [0.05, 0.1) is 18.7 Å². The molecule has 35 heavy (non-hydrogen) atoms. The van der Waals surface area contributed by atoms with Crippen LogP contribution in [0, 0.1) is 0 Å². The van der Waals surface area contributed by atoms with Crippen molar-refractivity contribution in [1.82, 2.24) is 4.90 Å². The molecule has 1 atom stereocenters. The van der Waals surface area contributed by atoms with E-state index in [0.29, 0.717) is 35.1 Å². The minimum Gasteiger partial charge on any atom is -0.494 e. The molecule has 3 aromatic rings. The van der Waals surface area contributed by atoms with Crippen LogP contribution in [0.15, 0.2) is 72.8 Å². The molecule has 0 radical (unpaired) electrons. The molecule has 3 amide bonds. The minimum absolute atomic E-state index is 0.102. The van der Waals surface area contributed by atoms with Crippen LogP contribution in [0.1, 0.15) is 29.3 Å². The molecule has 178 valence electrons. The third-order valence-corrected chi connectivity index (χ3v) is 5.98. The number of benzene rings is 3. The summed E-state index contributed by atoms with van der Waals surface area (Å²) in [4.78, 5) is 42.6. The van der Waals surface area contributed by atoms with Gasteiger partial charge in [-0.1, -0.05) is 24.3 Å². The second-order valence-electron chi connectivity index (χ2n) is 8.20. The Labute approximate surface area is 202 Å². The van der Waals surface area contributed by atoms with Crippen molar-refractivity contribution in [3.63, 3.8) is 0 Å². The van der Waals surface area contributed by atoms with Gasteiger partial charge in [0.25, 0.3) is 11.8 Å². The molecular weight excluding hydrogens is 448 g/mol. The van der Waals surface area contributed by atoms with Crippen LogP contribution in [0.4, 0.5) is 5.69 Å². The quantitative estimate of drug-likeness (QED) is 0.487. The molecule has 0 spiro atoms. The van der Waals surface area contributed by atoms with E-state index in [0.717, 1.165) is 10.5 Å². The number of imide groups is 1. The molecule has 0 saturated carbocycles. The lowest BCUT2D eigenvalue weighted by atomic mass is 10.1. The van der Waals surface area contributed by atoms with Gasteiger partial charge >= 0.3 is 0 Å². The van der Waals surface area contributed by atoms with Crippen LogP contribution in [0.25, 0.3) is 0 Å². The van der Waals surface area contributed by atoms with Crippen LogP contribution in [0.2, 0.25) is 0 Å². The summed E-state index contributed by atoms with van der Waals surface area (Å²) in [5, 5.41) is 0. The van der Waals surface area contributed by atoms with Crippen molar-refractivity contribution in [3.05, 3.63) is 83.9 Å². The summed E-state index contributed by atoms with van der Waals surface area (Å²) < 4.78 is 16.3. The van der Waals surface area contributed by atoms with E-state index in [1.54, 1.807) is 60.7 Å². The highest BCUT2D eigenvalue weighted by Gasteiger charge is 2.44. The van der Waals surface area contributed by atoms with Crippen molar-refractivity contribution >= 4 is 23.4 Å². The molecule has 1 fully saturated rings. The largest absolute Gasteiger partial charge is 0.494 e. The van der Waals surface area contributed by atoms with Crippen LogP contribution in [0.3, 0.4) is 0 Å². The number of hydrogen-bond acceptors (Lipinski definition) is 6. The standard InChI is InChI=1S/C27H24N2O6/c1-2-33-21-11-9-20(10-12-21)29-25(30)15-22(27(29)32)28(26(31)19-6-4-3-5-7-19)16-18-8-13-23-24(14-18)35-17-34-23/h3-14,22H,2,15-17H2,1H3. The monoisotopic (exact) mass is 472 g/mol. The maximum atomic E-state index is 13.6. The highest BCUT2D eigenvalue weighted by molar-refractivity contribution is 6.23. The summed E-state index contributed by atoms with van der Waals surface area (Å²) in [6.45, 7) is 2.66. The topological polar surface area (TPSA) is 85.4 Å². The Hall–Kier alpha value is -4.33. The van der Waals surface area contributed by atoms with Gasteiger partial charge in [-0.15, -0.1) is 0 Å². The zero-order valence-corrected chi connectivity index (χ0v) is 19.2. The number of anilines is 1. The predicted molar refractivity (Wildman–Crippen MR) is 127 cm³/mol. The normalized spacial score (nSPS) is 16.5. The van der Waals surface area contributed by atoms with Gasteiger partial charge in [0.15, 0.2) is 11.5 Å². The van der Waals surface area contributed by atoms with Crippen LogP contribution in [-0.2, 0) is 16.1 Å². The summed E-state index contributed by atoms with van der Waals surface area (Å²) in [6.07, 6.45) is -0.102. The number of fused-ring (bicyclic) bond motifs is 1. The first-order chi connectivity index (χ1) is 17.0. The number of carbonyl (C=O) groups is 3. The average molecular weight is 472 g/mol. The SMILES string of the molecule is CCOc1ccc(N2C(=O)CC(N(Cc3ccc4c(c3)OCO4)C(=O)c3ccccc3)C2=O)cc1. The third kappa shape index (κ3) is 4.42. The zero-order valence-electron chi connectivity index (χ0n) is 19.2. The summed E-state index contributed by atoms with van der Waals surface area (Å²) >= 11 is 0. The van der Waals surface area contributed by atoms with E-state index in [2.05, 4.69) is 0 Å². The van der Waals surface area contributed by atoms with Crippen molar-refractivity contribution in [2.75, 3.05) is 18.3 Å². The zero-order chi connectivity index (χ0) is 24.4. The van der Waals surface area contributed by atoms with E-state index in [1.807, 2.05) is 19.1 Å². The van der Waals surface area contributed by atoms with Crippen molar-refractivity contribution in [2.24, 2.45) is 0 Å². The molecule has 2 aliphatic heterocycles. The van der Waals surface area contributed by atoms with Crippen molar-refractivity contribution in [2.45, 2.75) is 25.9 Å². The predicted octanol–water partition coefficient (Wildman–Crippen LogP) is 3.79. The van der Waals surface area contributed by atoms with Crippen molar-refractivity contribution in [1.29, 1.82) is 0 Å². The fourth-order valence-corrected chi connectivity index (χ4v) is 4.29. The third-order valence-electron chi connectivity index (χ3n) is 5.98. The number of amides is 3. The second-order valence-corrected chi connectivity index (χ2v) is 8.20. The number of rotatable bonds is 7. The van der Waals surface area contributed by atoms with E-state index in [4.69, 9.17) is 14.2 Å². The van der Waals surface area contributed by atoms with Crippen LogP contribution >= 0.6 is 0 Å². The molecule has 0 N–H and O–H groups in total. The lowest BCUT2D eigenvalue weighted by Gasteiger charge is -2.28. The van der Waals surface area contributed by atoms with Gasteiger partial charge in [0.1, 0.15) is 11.8 Å². The summed E-state index contributed by atoms with van der Waals surface area (Å²) in [5.41, 5.74) is 1.65. The number of ether oxygens (including phenoxy) is 3. The summed E-state index contributed by atoms with van der Waals surface area (Å²) in [5.74, 6) is 0.728. The van der Waals surface area contributed by atoms with Gasteiger partial charge in [-0.3, -0.25) is 14.4 Å². The molecule has 0 aromatic heterocycles. The first-order valence-corrected chi connectivity index (χ1v) is 11.4. The van der Waals surface area contributed by atoms with Gasteiger partial charge in [-0.2, -0.15) is 0 Å². The maximum Gasteiger partial charge on any atom is 0.257 e. The second kappa shape index (κ2) is 9.50. The molecule has 5 rings (SSSR count). The molecule has 8 nitrogen and oxygen atoms in total. The fourth-order valence-electron chi connectivity index (χ4n) is 4.29. The Morgan fingerprint density at radius 1 is 1.00 bits per heavy atom. The molecule has 0 bridgehead atoms. The average Bonchev–Trinajstić information content (AvgIpc) is 3.46. The number of nitrogens with zero attached hydrogens (tertiary/aromatic N) is 2. The van der Waals surface area contributed by atoms with Gasteiger partial charge in [-0.25, -0.2) is 4.90 Å². The Morgan fingerprint density at radius 3 is 2.49 bits per heavy atom. The van der Waals surface area contributed by atoms with Crippen LogP contribution < -0.4 is 19.1 Å². The van der Waals surface area contributed by atoms with Gasteiger partial charge in [0, 0.05) is 12.1 Å². The summed E-state index contributed by atoms with van der Waals surface area (Å²) in [7, 11) is 0. The number of carbonyl (C=O) groups excluding carboxylic acids is 3. The highest BCUT2D eigenvalue weighted by Crippen LogP contribution is 2.34. The Bertz CT molecular complexity index is 1260. The van der Waals surface area contributed by atoms with E-state index in [9.17, 15) is 14.4 Å². The Kier molecular flexibility index (Phi) is 6.10. The molecule has 8 heteroatoms. The summed E-state index contributed by atoms with van der Waals surface area (Å²) in [6, 6.07) is 20.0. The molecule has 3 aromatic carbocycles. The molecule has 2 aliphatic rings. The Morgan fingerprint density at radius 2 is 1.74 bits per heavy atom. The van der Waals surface area contributed by atoms with Crippen LogP contribution in [0.5, 0.6) is 17.2 Å². The fraction of sp³-hybridized carbons (Fsp3) is 0.222. The molecule has 1 unspecified atom stereocenters.